The third-order valence-corrected chi connectivity index (χ3v) is 5.27. The highest BCUT2D eigenvalue weighted by atomic mass is 19.2. The average molecular weight is 360 g/mol. The topological polar surface area (TPSA) is 9.23 Å². The third kappa shape index (κ3) is 3.67. The van der Waals surface area contributed by atoms with Crippen LogP contribution in [-0.2, 0) is 0 Å². The first-order valence-corrected chi connectivity index (χ1v) is 9.20. The van der Waals surface area contributed by atoms with Crippen LogP contribution in [-0.4, -0.2) is 7.11 Å². The van der Waals surface area contributed by atoms with Gasteiger partial charge in [-0.1, -0.05) is 31.6 Å². The molecule has 0 atom stereocenters. The second-order valence-corrected chi connectivity index (χ2v) is 7.00. The summed E-state index contributed by atoms with van der Waals surface area (Å²) in [4.78, 5) is 0. The molecule has 0 aromatic heterocycles. The highest BCUT2D eigenvalue weighted by molar-refractivity contribution is 5.90. The molecule has 3 rings (SSSR count). The molecule has 2 aromatic rings. The Morgan fingerprint density at radius 2 is 1.81 bits per heavy atom. The summed E-state index contributed by atoms with van der Waals surface area (Å²) in [6.45, 7) is 2.20. The predicted molar refractivity (Wildman–Crippen MR) is 97.6 cm³/mol. The summed E-state index contributed by atoms with van der Waals surface area (Å²) >= 11 is 0. The molecule has 0 unspecified atom stereocenters. The van der Waals surface area contributed by atoms with Crippen molar-refractivity contribution < 1.29 is 17.9 Å². The van der Waals surface area contributed by atoms with Gasteiger partial charge < -0.3 is 4.74 Å². The van der Waals surface area contributed by atoms with E-state index in [0.29, 0.717) is 5.56 Å². The van der Waals surface area contributed by atoms with E-state index < -0.39 is 22.8 Å². The Hall–Kier alpha value is -2.15. The van der Waals surface area contributed by atoms with E-state index in [2.05, 4.69) is 18.8 Å². The van der Waals surface area contributed by atoms with E-state index in [0.717, 1.165) is 37.7 Å². The van der Waals surface area contributed by atoms with Gasteiger partial charge in [0.05, 0.1) is 12.5 Å². The Morgan fingerprint density at radius 1 is 1.08 bits per heavy atom. The smallest absolute Gasteiger partial charge is 0.175 e. The fraction of sp³-hybridized carbons (Fsp3) is 0.455. The maximum Gasteiger partial charge on any atom is 0.175 e. The highest BCUT2D eigenvalue weighted by Gasteiger charge is 2.20. The van der Waals surface area contributed by atoms with Gasteiger partial charge in [0.25, 0.3) is 0 Å². The molecule has 26 heavy (non-hydrogen) atoms. The molecule has 0 N–H and O–H groups in total. The monoisotopic (exact) mass is 360 g/mol. The van der Waals surface area contributed by atoms with Crippen LogP contribution in [0.25, 0.3) is 10.8 Å². The van der Waals surface area contributed by atoms with Crippen molar-refractivity contribution in [2.24, 2.45) is 11.8 Å². The zero-order chi connectivity index (χ0) is 18.7. The van der Waals surface area contributed by atoms with E-state index in [1.165, 1.54) is 32.1 Å². The van der Waals surface area contributed by atoms with Gasteiger partial charge in [0.2, 0.25) is 0 Å². The molecule has 1 nitrogen and oxygen atoms in total. The van der Waals surface area contributed by atoms with Crippen LogP contribution < -0.4 is 4.74 Å². The number of methoxy groups -OCH3 is 1. The van der Waals surface area contributed by atoms with Crippen LogP contribution in [0.3, 0.4) is 0 Å². The van der Waals surface area contributed by atoms with Crippen LogP contribution in [0.4, 0.5) is 13.2 Å². The van der Waals surface area contributed by atoms with Crippen LogP contribution in [0.1, 0.15) is 51.0 Å². The molecule has 0 radical (unpaired) electrons. The van der Waals surface area contributed by atoms with Crippen molar-refractivity contribution in [3.05, 3.63) is 41.2 Å². The Morgan fingerprint density at radius 3 is 2.46 bits per heavy atom. The van der Waals surface area contributed by atoms with Gasteiger partial charge in [-0.2, -0.15) is 0 Å². The molecule has 1 aliphatic rings. The Kier molecular flexibility index (Phi) is 5.76. The normalized spacial score (nSPS) is 19.9. The van der Waals surface area contributed by atoms with Gasteiger partial charge >= 0.3 is 0 Å². The summed E-state index contributed by atoms with van der Waals surface area (Å²) in [5.74, 6) is 3.89. The molecular formula is C22H23F3O. The molecule has 0 bridgehead atoms. The lowest BCUT2D eigenvalue weighted by molar-refractivity contribution is 0.300. The van der Waals surface area contributed by atoms with Crippen LogP contribution in [0, 0.1) is 41.1 Å². The molecule has 1 saturated carbocycles. The number of halogens is 3. The summed E-state index contributed by atoms with van der Waals surface area (Å²) in [7, 11) is 1.29. The van der Waals surface area contributed by atoms with Gasteiger partial charge in [0.15, 0.2) is 23.2 Å². The molecule has 0 amide bonds. The Labute approximate surface area is 152 Å². The number of ether oxygens (including phenoxy) is 1. The first-order chi connectivity index (χ1) is 12.5. The summed E-state index contributed by atoms with van der Waals surface area (Å²) in [5, 5.41) is -0.130. The van der Waals surface area contributed by atoms with Gasteiger partial charge in [-0.3, -0.25) is 0 Å². The summed E-state index contributed by atoms with van der Waals surface area (Å²) in [6, 6.07) is 4.00. The molecule has 1 fully saturated rings. The minimum atomic E-state index is -1.21. The van der Waals surface area contributed by atoms with Crippen molar-refractivity contribution >= 4 is 10.8 Å². The molecule has 1 aliphatic carbocycles. The van der Waals surface area contributed by atoms with Gasteiger partial charge in [-0.15, -0.1) is 0 Å². The van der Waals surface area contributed by atoms with E-state index in [9.17, 15) is 13.2 Å². The number of fused-ring (bicyclic) bond motifs is 1. The van der Waals surface area contributed by atoms with Crippen LogP contribution in [0.2, 0.25) is 0 Å². The first-order valence-electron chi connectivity index (χ1n) is 9.20. The number of rotatable bonds is 3. The standard InChI is InChI=1S/C22H23F3O/c1-3-4-14-5-7-15(8-6-14)9-10-16-13-18(23)21(24)20-17(16)11-12-19(26-2)22(20)25/h11-15H,3-8H2,1-2H3. The second kappa shape index (κ2) is 8.03. The van der Waals surface area contributed by atoms with Crippen molar-refractivity contribution in [3.8, 4) is 17.6 Å². The lowest BCUT2D eigenvalue weighted by atomic mass is 9.80. The zero-order valence-electron chi connectivity index (χ0n) is 15.2. The number of hydrogen-bond donors (Lipinski definition) is 0. The van der Waals surface area contributed by atoms with Crippen molar-refractivity contribution in [1.82, 2.24) is 0 Å². The summed E-state index contributed by atoms with van der Waals surface area (Å²) in [5.41, 5.74) is 0.316. The van der Waals surface area contributed by atoms with E-state index in [4.69, 9.17) is 4.74 Å². The Balaban J connectivity index is 1.93. The molecule has 138 valence electrons. The number of hydrogen-bond acceptors (Lipinski definition) is 1. The van der Waals surface area contributed by atoms with Crippen molar-refractivity contribution in [2.75, 3.05) is 7.11 Å². The van der Waals surface area contributed by atoms with Gasteiger partial charge in [-0.05, 0) is 49.8 Å². The zero-order valence-corrected chi connectivity index (χ0v) is 15.2. The summed E-state index contributed by atoms with van der Waals surface area (Å²) in [6.07, 6.45) is 6.85. The minimum absolute atomic E-state index is 0.116. The fourth-order valence-electron chi connectivity index (χ4n) is 3.83. The maximum absolute atomic E-state index is 14.4. The molecule has 0 heterocycles. The Bertz CT molecular complexity index is 855. The van der Waals surface area contributed by atoms with Crippen LogP contribution in [0.5, 0.6) is 5.75 Å². The highest BCUT2D eigenvalue weighted by Crippen LogP contribution is 2.33. The van der Waals surface area contributed by atoms with Gasteiger partial charge in [0.1, 0.15) is 0 Å². The largest absolute Gasteiger partial charge is 0.494 e. The van der Waals surface area contributed by atoms with Crippen molar-refractivity contribution in [3.63, 3.8) is 0 Å². The molecule has 2 aromatic carbocycles. The predicted octanol–water partition coefficient (Wildman–Crippen LogP) is 6.22. The minimum Gasteiger partial charge on any atom is -0.494 e. The quantitative estimate of drug-likeness (QED) is 0.590. The lowest BCUT2D eigenvalue weighted by Gasteiger charge is -2.25. The summed E-state index contributed by atoms with van der Waals surface area (Å²) < 4.78 is 47.4. The van der Waals surface area contributed by atoms with Crippen molar-refractivity contribution in [2.45, 2.75) is 45.4 Å². The molecule has 0 saturated heterocycles. The number of benzene rings is 2. The molecule has 4 heteroatoms. The van der Waals surface area contributed by atoms with E-state index in [-0.39, 0.29) is 17.1 Å². The van der Waals surface area contributed by atoms with Crippen LogP contribution in [0.15, 0.2) is 18.2 Å². The van der Waals surface area contributed by atoms with Gasteiger partial charge in [-0.25, -0.2) is 13.2 Å². The van der Waals surface area contributed by atoms with E-state index >= 15 is 0 Å². The maximum atomic E-state index is 14.4. The average Bonchev–Trinajstić information content (AvgIpc) is 2.65. The lowest BCUT2D eigenvalue weighted by Crippen LogP contribution is -2.13. The SMILES string of the molecule is CCCC1CCC(C#Cc2cc(F)c(F)c3c(F)c(OC)ccc23)CC1. The van der Waals surface area contributed by atoms with E-state index in [1.807, 2.05) is 0 Å². The molecule has 0 aliphatic heterocycles. The van der Waals surface area contributed by atoms with Crippen LogP contribution >= 0.6 is 0 Å². The fourth-order valence-corrected chi connectivity index (χ4v) is 3.83. The van der Waals surface area contributed by atoms with Gasteiger partial charge in [0, 0.05) is 16.9 Å². The van der Waals surface area contributed by atoms with Crippen molar-refractivity contribution in [1.29, 1.82) is 0 Å². The molecule has 0 spiro atoms. The third-order valence-electron chi connectivity index (χ3n) is 5.27. The van der Waals surface area contributed by atoms with E-state index in [1.54, 1.807) is 0 Å². The molecular weight excluding hydrogens is 337 g/mol. The second-order valence-electron chi connectivity index (χ2n) is 7.00. The first kappa shape index (κ1) is 18.6.